The first-order valence-electron chi connectivity index (χ1n) is 4.91. The molecule has 1 aromatic heterocycles. The van der Waals surface area contributed by atoms with Gasteiger partial charge in [-0.05, 0) is 18.1 Å². The van der Waals surface area contributed by atoms with Gasteiger partial charge in [-0.3, -0.25) is 0 Å². The summed E-state index contributed by atoms with van der Waals surface area (Å²) in [6.45, 7) is 1.90. The minimum Gasteiger partial charge on any atom is -0.478 e. The molecule has 0 saturated heterocycles. The predicted molar refractivity (Wildman–Crippen MR) is 64.2 cm³/mol. The van der Waals surface area contributed by atoms with E-state index in [2.05, 4.69) is 10.2 Å². The lowest BCUT2D eigenvalue weighted by molar-refractivity contribution is 0.0697. The molecule has 2 rings (SSSR count). The van der Waals surface area contributed by atoms with E-state index in [1.165, 1.54) is 6.20 Å². The van der Waals surface area contributed by atoms with Crippen LogP contribution in [0.2, 0.25) is 5.15 Å². The molecule has 17 heavy (non-hydrogen) atoms. The topological polar surface area (TPSA) is 63.1 Å². The maximum atomic E-state index is 11.2. The summed E-state index contributed by atoms with van der Waals surface area (Å²) in [5.74, 6) is -1.11. The Morgan fingerprint density at radius 1 is 1.29 bits per heavy atom. The number of aromatic nitrogens is 2. The van der Waals surface area contributed by atoms with Gasteiger partial charge in [-0.2, -0.15) is 5.10 Å². The van der Waals surface area contributed by atoms with Crippen LogP contribution in [0.3, 0.4) is 0 Å². The summed E-state index contributed by atoms with van der Waals surface area (Å²) in [6.07, 6.45) is 1.41. The van der Waals surface area contributed by atoms with Crippen LogP contribution in [0.15, 0.2) is 30.5 Å². The van der Waals surface area contributed by atoms with Gasteiger partial charge in [0.05, 0.1) is 6.20 Å². The number of carbonyl (C=O) groups is 1. The Bertz CT molecular complexity index is 584. The van der Waals surface area contributed by atoms with Gasteiger partial charge in [-0.1, -0.05) is 35.9 Å². The van der Waals surface area contributed by atoms with Gasteiger partial charge in [0.15, 0.2) is 5.15 Å². The summed E-state index contributed by atoms with van der Waals surface area (Å²) in [7, 11) is 0. The van der Waals surface area contributed by atoms with Gasteiger partial charge in [0.25, 0.3) is 0 Å². The van der Waals surface area contributed by atoms with E-state index in [1.54, 1.807) is 0 Å². The number of hydrogen-bond acceptors (Lipinski definition) is 3. The molecule has 0 aliphatic rings. The Hall–Kier alpha value is -1.94. The van der Waals surface area contributed by atoms with Crippen LogP contribution in [0.1, 0.15) is 15.9 Å². The van der Waals surface area contributed by atoms with Crippen molar-refractivity contribution in [1.82, 2.24) is 10.2 Å². The molecule has 0 aliphatic carbocycles. The number of hydrogen-bond donors (Lipinski definition) is 1. The Kier molecular flexibility index (Phi) is 3.06. The highest BCUT2D eigenvalue weighted by atomic mass is 35.5. The number of halogens is 1. The smallest absolute Gasteiger partial charge is 0.339 e. The zero-order valence-corrected chi connectivity index (χ0v) is 9.77. The van der Waals surface area contributed by atoms with E-state index in [4.69, 9.17) is 16.7 Å². The molecule has 5 heteroatoms. The number of aryl methyl sites for hydroxylation is 1. The van der Waals surface area contributed by atoms with Crippen LogP contribution < -0.4 is 0 Å². The van der Waals surface area contributed by atoms with Crippen molar-refractivity contribution in [1.29, 1.82) is 0 Å². The first-order chi connectivity index (χ1) is 8.11. The minimum atomic E-state index is -1.11. The number of nitrogens with zero attached hydrogens (tertiary/aromatic N) is 2. The van der Waals surface area contributed by atoms with Crippen LogP contribution in [0, 0.1) is 6.92 Å². The molecule has 86 valence electrons. The summed E-state index contributed by atoms with van der Waals surface area (Å²) in [5, 5.41) is 16.3. The van der Waals surface area contributed by atoms with Crippen LogP contribution in [0.25, 0.3) is 11.1 Å². The van der Waals surface area contributed by atoms with Crippen LogP contribution in [0.4, 0.5) is 0 Å². The summed E-state index contributed by atoms with van der Waals surface area (Å²) in [5.41, 5.74) is 2.22. The summed E-state index contributed by atoms with van der Waals surface area (Å²) in [4.78, 5) is 11.2. The summed E-state index contributed by atoms with van der Waals surface area (Å²) in [6, 6.07) is 7.45. The second-order valence-electron chi connectivity index (χ2n) is 3.54. The van der Waals surface area contributed by atoms with Crippen molar-refractivity contribution in [3.63, 3.8) is 0 Å². The monoisotopic (exact) mass is 248 g/mol. The molecule has 4 nitrogen and oxygen atoms in total. The van der Waals surface area contributed by atoms with Gasteiger partial charge < -0.3 is 5.11 Å². The largest absolute Gasteiger partial charge is 0.478 e. The van der Waals surface area contributed by atoms with Crippen LogP contribution >= 0.6 is 11.6 Å². The third kappa shape index (κ3) is 2.12. The average molecular weight is 249 g/mol. The molecule has 0 fully saturated rings. The number of carboxylic acid groups (broad SMARTS) is 1. The molecular weight excluding hydrogens is 240 g/mol. The molecule has 0 saturated carbocycles. The third-order valence-corrected chi connectivity index (χ3v) is 2.72. The number of benzene rings is 1. The van der Waals surface area contributed by atoms with Crippen molar-refractivity contribution in [3.8, 4) is 11.1 Å². The Balaban J connectivity index is 2.72. The molecule has 2 aromatic rings. The van der Waals surface area contributed by atoms with Crippen molar-refractivity contribution < 1.29 is 9.90 Å². The number of rotatable bonds is 2. The predicted octanol–water partition coefficient (Wildman–Crippen LogP) is 2.80. The SMILES string of the molecule is Cc1ccccc1-c1cnnc(Cl)c1C(=O)O. The molecule has 1 aromatic carbocycles. The zero-order valence-electron chi connectivity index (χ0n) is 9.01. The van der Waals surface area contributed by atoms with Gasteiger partial charge in [0, 0.05) is 5.56 Å². The van der Waals surface area contributed by atoms with Crippen molar-refractivity contribution in [2.24, 2.45) is 0 Å². The van der Waals surface area contributed by atoms with Gasteiger partial charge in [0.2, 0.25) is 0 Å². The normalized spacial score (nSPS) is 10.2. The van der Waals surface area contributed by atoms with Gasteiger partial charge in [0.1, 0.15) is 5.56 Å². The summed E-state index contributed by atoms with van der Waals surface area (Å²) >= 11 is 5.77. The lowest BCUT2D eigenvalue weighted by Crippen LogP contribution is -2.04. The molecule has 0 amide bonds. The molecule has 1 N–H and O–H groups in total. The van der Waals surface area contributed by atoms with E-state index in [-0.39, 0.29) is 10.7 Å². The highest BCUT2D eigenvalue weighted by molar-refractivity contribution is 6.33. The number of carboxylic acids is 1. The maximum Gasteiger partial charge on any atom is 0.339 e. The van der Waals surface area contributed by atoms with Gasteiger partial charge >= 0.3 is 5.97 Å². The fourth-order valence-corrected chi connectivity index (χ4v) is 1.87. The third-order valence-electron chi connectivity index (χ3n) is 2.46. The fraction of sp³-hybridized carbons (Fsp3) is 0.0833. The first kappa shape index (κ1) is 11.5. The van der Waals surface area contributed by atoms with E-state index in [1.807, 2.05) is 31.2 Å². The minimum absolute atomic E-state index is 0.0176. The Morgan fingerprint density at radius 3 is 2.65 bits per heavy atom. The second-order valence-corrected chi connectivity index (χ2v) is 3.90. The van der Waals surface area contributed by atoms with E-state index in [0.29, 0.717) is 5.56 Å². The highest BCUT2D eigenvalue weighted by Crippen LogP contribution is 2.28. The standard InChI is InChI=1S/C12H9ClN2O2/c1-7-4-2-3-5-8(7)9-6-14-15-11(13)10(9)12(16)17/h2-6H,1H3,(H,16,17). The van der Waals surface area contributed by atoms with Crippen molar-refractivity contribution in [2.45, 2.75) is 6.92 Å². The Morgan fingerprint density at radius 2 is 2.00 bits per heavy atom. The molecule has 0 radical (unpaired) electrons. The van der Waals surface area contributed by atoms with Crippen molar-refractivity contribution >= 4 is 17.6 Å². The lowest BCUT2D eigenvalue weighted by Gasteiger charge is -2.08. The molecule has 1 heterocycles. The lowest BCUT2D eigenvalue weighted by atomic mass is 9.99. The van der Waals surface area contributed by atoms with E-state index in [9.17, 15) is 4.79 Å². The summed E-state index contributed by atoms with van der Waals surface area (Å²) < 4.78 is 0. The van der Waals surface area contributed by atoms with Gasteiger partial charge in [-0.15, -0.1) is 5.10 Å². The molecular formula is C12H9ClN2O2. The Labute approximate surface area is 103 Å². The van der Waals surface area contributed by atoms with Crippen LogP contribution in [0.5, 0.6) is 0 Å². The van der Waals surface area contributed by atoms with Crippen molar-refractivity contribution in [2.75, 3.05) is 0 Å². The molecule has 0 aliphatic heterocycles. The first-order valence-corrected chi connectivity index (χ1v) is 5.29. The van der Waals surface area contributed by atoms with Crippen molar-refractivity contribution in [3.05, 3.63) is 46.7 Å². The van der Waals surface area contributed by atoms with Gasteiger partial charge in [-0.25, -0.2) is 4.79 Å². The quantitative estimate of drug-likeness (QED) is 0.888. The van der Waals surface area contributed by atoms with E-state index >= 15 is 0 Å². The van der Waals surface area contributed by atoms with Crippen LogP contribution in [-0.4, -0.2) is 21.3 Å². The molecule has 0 unspecified atom stereocenters. The van der Waals surface area contributed by atoms with E-state index in [0.717, 1.165) is 11.1 Å². The molecule has 0 bridgehead atoms. The highest BCUT2D eigenvalue weighted by Gasteiger charge is 2.18. The number of aromatic carboxylic acids is 1. The average Bonchev–Trinajstić information content (AvgIpc) is 2.28. The fourth-order valence-electron chi connectivity index (χ4n) is 1.65. The zero-order chi connectivity index (χ0) is 12.4. The maximum absolute atomic E-state index is 11.2. The van der Waals surface area contributed by atoms with Crippen LogP contribution in [-0.2, 0) is 0 Å². The molecule has 0 atom stereocenters. The molecule has 0 spiro atoms. The second kappa shape index (κ2) is 4.51. The van der Waals surface area contributed by atoms with E-state index < -0.39 is 5.97 Å².